The number of aliphatic hydroxyl groups is 1. The Morgan fingerprint density at radius 2 is 1.77 bits per heavy atom. The van der Waals surface area contributed by atoms with E-state index in [1.165, 1.54) is 24.3 Å². The highest BCUT2D eigenvalue weighted by molar-refractivity contribution is 6.30. The van der Waals surface area contributed by atoms with Crippen molar-refractivity contribution in [3.8, 4) is 5.75 Å². The van der Waals surface area contributed by atoms with Crippen molar-refractivity contribution < 1.29 is 27.8 Å². The molecule has 0 unspecified atom stereocenters. The lowest BCUT2D eigenvalue weighted by Gasteiger charge is -2.32. The number of hydrogen-bond donors (Lipinski definition) is 1. The van der Waals surface area contributed by atoms with Crippen LogP contribution < -0.4 is 4.74 Å². The van der Waals surface area contributed by atoms with Gasteiger partial charge in [-0.3, -0.25) is 4.79 Å². The van der Waals surface area contributed by atoms with Crippen LogP contribution in [0, 0.1) is 20.8 Å². The quantitative estimate of drug-likeness (QED) is 0.759. The van der Waals surface area contributed by atoms with E-state index in [9.17, 15) is 23.1 Å². The van der Waals surface area contributed by atoms with Crippen LogP contribution in [0.4, 0.5) is 13.2 Å². The van der Waals surface area contributed by atoms with E-state index in [0.29, 0.717) is 16.3 Å². The van der Waals surface area contributed by atoms with E-state index in [4.69, 9.17) is 16.3 Å². The number of benzene rings is 2. The van der Waals surface area contributed by atoms with Gasteiger partial charge in [0.05, 0.1) is 12.1 Å². The fourth-order valence-corrected chi connectivity index (χ4v) is 3.55. The average molecular weight is 441 g/mol. The summed E-state index contributed by atoms with van der Waals surface area (Å²) in [5, 5.41) is 14.6. The first-order chi connectivity index (χ1) is 13.9. The van der Waals surface area contributed by atoms with Crippen LogP contribution in [0.3, 0.4) is 0 Å². The number of aryl methyl sites for hydroxylation is 3. The smallest absolute Gasteiger partial charge is 0.438 e. The Morgan fingerprint density at radius 1 is 1.20 bits per heavy atom. The molecule has 0 fully saturated rings. The number of carbonyl (C=O) groups is 1. The fourth-order valence-electron chi connectivity index (χ4n) is 3.42. The second-order valence-corrected chi connectivity index (χ2v) is 7.70. The zero-order valence-corrected chi connectivity index (χ0v) is 17.3. The molecule has 1 aliphatic rings. The normalized spacial score (nSPS) is 19.1. The predicted octanol–water partition coefficient (Wildman–Crippen LogP) is 4.53. The third-order valence-corrected chi connectivity index (χ3v) is 5.05. The summed E-state index contributed by atoms with van der Waals surface area (Å²) >= 11 is 5.81. The average Bonchev–Trinajstić information content (AvgIpc) is 3.00. The number of nitrogens with zero attached hydrogens (tertiary/aromatic N) is 2. The van der Waals surface area contributed by atoms with Crippen molar-refractivity contribution in [1.29, 1.82) is 0 Å². The maximum absolute atomic E-state index is 13.7. The van der Waals surface area contributed by atoms with Crippen LogP contribution in [0.1, 0.15) is 28.7 Å². The molecule has 30 heavy (non-hydrogen) atoms. The highest BCUT2D eigenvalue weighted by Crippen LogP contribution is 2.41. The lowest BCUT2D eigenvalue weighted by atomic mass is 10.0. The molecule has 160 valence electrons. The highest BCUT2D eigenvalue weighted by Gasteiger charge is 2.63. The van der Waals surface area contributed by atoms with E-state index in [0.717, 1.165) is 16.7 Å². The van der Waals surface area contributed by atoms with Gasteiger partial charge in [0.2, 0.25) is 0 Å². The topological polar surface area (TPSA) is 62.1 Å². The van der Waals surface area contributed by atoms with Crippen LogP contribution in [0.5, 0.6) is 5.75 Å². The summed E-state index contributed by atoms with van der Waals surface area (Å²) in [6.45, 7) is 4.74. The molecule has 3 rings (SSSR count). The fraction of sp³-hybridized carbons (Fsp3) is 0.333. The number of amides is 1. The maximum Gasteiger partial charge on any atom is 0.438 e. The molecule has 0 aliphatic carbocycles. The van der Waals surface area contributed by atoms with Gasteiger partial charge >= 0.3 is 6.18 Å². The highest BCUT2D eigenvalue weighted by atomic mass is 35.5. The van der Waals surface area contributed by atoms with Gasteiger partial charge < -0.3 is 9.84 Å². The number of ether oxygens (including phenoxy) is 1. The van der Waals surface area contributed by atoms with Crippen LogP contribution in [0.15, 0.2) is 41.5 Å². The predicted molar refractivity (Wildman–Crippen MR) is 107 cm³/mol. The number of rotatable bonds is 4. The van der Waals surface area contributed by atoms with Crippen molar-refractivity contribution in [2.45, 2.75) is 39.1 Å². The van der Waals surface area contributed by atoms with Crippen molar-refractivity contribution >= 4 is 23.2 Å². The Morgan fingerprint density at radius 3 is 2.30 bits per heavy atom. The third-order valence-electron chi connectivity index (χ3n) is 4.80. The summed E-state index contributed by atoms with van der Waals surface area (Å²) in [5.74, 6) is -0.705. The lowest BCUT2D eigenvalue weighted by Crippen LogP contribution is -2.57. The Kier molecular flexibility index (Phi) is 5.84. The number of hydrogen-bond acceptors (Lipinski definition) is 4. The zero-order valence-electron chi connectivity index (χ0n) is 16.5. The first-order valence-corrected chi connectivity index (χ1v) is 9.46. The standard InChI is InChI=1S/C21H20ClF3N2O3/c1-12-8-13(2)19(14(3)9-12)30-11-18(28)27-20(29,21(23,24)25)10-17(26-27)15-4-6-16(22)7-5-15/h4-9,29H,10-11H2,1-3H3/t20-/m0/s1. The minimum Gasteiger partial charge on any atom is -0.483 e. The lowest BCUT2D eigenvalue weighted by molar-refractivity contribution is -0.302. The van der Waals surface area contributed by atoms with Crippen molar-refractivity contribution in [3.63, 3.8) is 0 Å². The van der Waals surface area contributed by atoms with E-state index in [2.05, 4.69) is 5.10 Å². The maximum atomic E-state index is 13.7. The molecule has 0 saturated heterocycles. The Balaban J connectivity index is 1.88. The number of halogens is 4. The third kappa shape index (κ3) is 4.15. The molecule has 1 atom stereocenters. The van der Waals surface area contributed by atoms with E-state index in [-0.39, 0.29) is 10.7 Å². The van der Waals surface area contributed by atoms with Crippen LogP contribution in [0.25, 0.3) is 0 Å². The monoisotopic (exact) mass is 440 g/mol. The van der Waals surface area contributed by atoms with Crippen molar-refractivity contribution in [2.24, 2.45) is 5.10 Å². The Hall–Kier alpha value is -2.58. The Bertz CT molecular complexity index is 983. The van der Waals surface area contributed by atoms with Crippen molar-refractivity contribution in [1.82, 2.24) is 5.01 Å². The molecule has 0 radical (unpaired) electrons. The van der Waals surface area contributed by atoms with Crippen LogP contribution >= 0.6 is 11.6 Å². The molecule has 2 aromatic carbocycles. The minimum atomic E-state index is -5.12. The summed E-state index contributed by atoms with van der Waals surface area (Å²) in [6, 6.07) is 9.60. The molecule has 0 bridgehead atoms. The number of alkyl halides is 3. The van der Waals surface area contributed by atoms with E-state index < -0.39 is 30.8 Å². The van der Waals surface area contributed by atoms with E-state index in [1.54, 1.807) is 13.8 Å². The minimum absolute atomic E-state index is 0.0653. The van der Waals surface area contributed by atoms with Gasteiger partial charge in [0.1, 0.15) is 5.75 Å². The molecule has 0 saturated carbocycles. The number of carbonyl (C=O) groups excluding carboxylic acids is 1. The van der Waals surface area contributed by atoms with Gasteiger partial charge in [-0.25, -0.2) is 0 Å². The van der Waals surface area contributed by atoms with E-state index in [1.807, 2.05) is 19.1 Å². The molecular weight excluding hydrogens is 421 g/mol. The SMILES string of the molecule is Cc1cc(C)c(OCC(=O)N2N=C(c3ccc(Cl)cc3)C[C@]2(O)C(F)(F)F)c(C)c1. The molecular formula is C21H20ClF3N2O3. The van der Waals surface area contributed by atoms with Crippen LogP contribution in [0.2, 0.25) is 5.02 Å². The molecule has 1 N–H and O–H groups in total. The Labute approximate surface area is 176 Å². The largest absolute Gasteiger partial charge is 0.483 e. The summed E-state index contributed by atoms with van der Waals surface area (Å²) in [7, 11) is 0. The summed E-state index contributed by atoms with van der Waals surface area (Å²) in [6.07, 6.45) is -6.01. The molecule has 0 spiro atoms. The van der Waals surface area contributed by atoms with Gasteiger partial charge in [-0.2, -0.15) is 23.3 Å². The van der Waals surface area contributed by atoms with Gasteiger partial charge in [-0.15, -0.1) is 0 Å². The van der Waals surface area contributed by atoms with Crippen LogP contribution in [-0.2, 0) is 4.79 Å². The van der Waals surface area contributed by atoms with E-state index >= 15 is 0 Å². The second kappa shape index (κ2) is 7.92. The second-order valence-electron chi connectivity index (χ2n) is 7.27. The van der Waals surface area contributed by atoms with Crippen molar-refractivity contribution in [3.05, 3.63) is 63.7 Å². The zero-order chi connectivity index (χ0) is 22.3. The van der Waals surface area contributed by atoms with Crippen LogP contribution in [-0.4, -0.2) is 40.2 Å². The van der Waals surface area contributed by atoms with Gasteiger partial charge in [0.15, 0.2) is 6.61 Å². The molecule has 2 aromatic rings. The molecule has 0 aromatic heterocycles. The van der Waals surface area contributed by atoms with Gasteiger partial charge in [0.25, 0.3) is 11.6 Å². The molecule has 5 nitrogen and oxygen atoms in total. The summed E-state index contributed by atoms with van der Waals surface area (Å²) in [5.41, 5.74) is -0.728. The van der Waals surface area contributed by atoms with Gasteiger partial charge in [-0.05, 0) is 49.6 Å². The van der Waals surface area contributed by atoms with Gasteiger partial charge in [-0.1, -0.05) is 41.4 Å². The first kappa shape index (κ1) is 22.1. The van der Waals surface area contributed by atoms with Crippen molar-refractivity contribution in [2.75, 3.05) is 6.61 Å². The molecule has 1 amide bonds. The molecule has 1 heterocycles. The van der Waals surface area contributed by atoms with Gasteiger partial charge in [0, 0.05) is 5.02 Å². The molecule has 9 heteroatoms. The number of hydrazone groups is 1. The summed E-state index contributed by atoms with van der Waals surface area (Å²) < 4.78 is 46.5. The first-order valence-electron chi connectivity index (χ1n) is 9.08. The summed E-state index contributed by atoms with van der Waals surface area (Å²) in [4.78, 5) is 12.6. The molecule has 1 aliphatic heterocycles.